The van der Waals surface area contributed by atoms with Gasteiger partial charge in [-0.05, 0) is 36.7 Å². The monoisotopic (exact) mass is 339 g/mol. The summed E-state index contributed by atoms with van der Waals surface area (Å²) in [4.78, 5) is 0. The molecule has 0 aliphatic heterocycles. The van der Waals surface area contributed by atoms with Crippen molar-refractivity contribution in [3.8, 4) is 5.82 Å². The van der Waals surface area contributed by atoms with E-state index in [2.05, 4.69) is 52.2 Å². The molecule has 110 valence electrons. The number of aromatic nitrogens is 4. The normalized spacial score (nSPS) is 11.6. The molecule has 2 aromatic rings. The number of rotatable bonds is 4. The lowest BCUT2D eigenvalue weighted by Gasteiger charge is -2.11. The number of hydrogen-bond donors (Lipinski definition) is 1. The van der Waals surface area contributed by atoms with Crippen LogP contribution < -0.4 is 5.32 Å². The van der Waals surface area contributed by atoms with Crippen molar-refractivity contribution < 1.29 is 0 Å². The van der Waals surface area contributed by atoms with Gasteiger partial charge in [-0.3, -0.25) is 4.68 Å². The van der Waals surface area contributed by atoms with E-state index in [0.717, 1.165) is 33.9 Å². The Balaban J connectivity index is 2.52. The van der Waals surface area contributed by atoms with Crippen LogP contribution in [0.1, 0.15) is 36.5 Å². The predicted molar refractivity (Wildman–Crippen MR) is 84.2 cm³/mol. The molecule has 0 radical (unpaired) electrons. The van der Waals surface area contributed by atoms with Crippen LogP contribution in [0.2, 0.25) is 0 Å². The number of hydrogen-bond acceptors (Lipinski definition) is 3. The Bertz CT molecular complexity index is 624. The maximum Gasteiger partial charge on any atom is 0.156 e. The fourth-order valence-electron chi connectivity index (χ4n) is 2.30. The Morgan fingerprint density at radius 3 is 2.30 bits per heavy atom. The van der Waals surface area contributed by atoms with E-state index in [4.69, 9.17) is 0 Å². The van der Waals surface area contributed by atoms with Crippen molar-refractivity contribution >= 4 is 15.9 Å². The van der Waals surface area contributed by atoms with Gasteiger partial charge in [0.15, 0.2) is 5.82 Å². The van der Waals surface area contributed by atoms with E-state index in [1.54, 1.807) is 0 Å². The molecule has 1 N–H and O–H groups in total. The third-order valence-electron chi connectivity index (χ3n) is 3.40. The number of nitrogens with one attached hydrogen (secondary N) is 1. The molecule has 0 amide bonds. The highest BCUT2D eigenvalue weighted by Gasteiger charge is 2.19. The molecular weight excluding hydrogens is 318 g/mol. The van der Waals surface area contributed by atoms with Crippen LogP contribution in [0, 0.1) is 20.8 Å². The smallest absolute Gasteiger partial charge is 0.156 e. The molecule has 0 spiro atoms. The molecule has 0 fully saturated rings. The second kappa shape index (κ2) is 5.69. The minimum atomic E-state index is 0.439. The van der Waals surface area contributed by atoms with Crippen LogP contribution in [-0.2, 0) is 13.6 Å². The second-order valence-corrected chi connectivity index (χ2v) is 6.24. The van der Waals surface area contributed by atoms with Gasteiger partial charge >= 0.3 is 0 Å². The molecule has 0 aromatic carbocycles. The summed E-state index contributed by atoms with van der Waals surface area (Å²) in [5.41, 5.74) is 4.32. The molecule has 20 heavy (non-hydrogen) atoms. The van der Waals surface area contributed by atoms with Crippen LogP contribution in [-0.4, -0.2) is 25.6 Å². The minimum absolute atomic E-state index is 0.439. The Morgan fingerprint density at radius 1 is 1.15 bits per heavy atom. The van der Waals surface area contributed by atoms with Crippen molar-refractivity contribution in [1.29, 1.82) is 0 Å². The summed E-state index contributed by atoms with van der Waals surface area (Å²) in [5, 5.41) is 12.6. The van der Waals surface area contributed by atoms with Crippen molar-refractivity contribution in [2.75, 3.05) is 0 Å². The zero-order valence-corrected chi connectivity index (χ0v) is 14.5. The lowest BCUT2D eigenvalue weighted by molar-refractivity contribution is 0.583. The van der Waals surface area contributed by atoms with E-state index in [1.165, 1.54) is 5.56 Å². The summed E-state index contributed by atoms with van der Waals surface area (Å²) < 4.78 is 4.93. The molecule has 0 saturated heterocycles. The molecule has 0 unspecified atom stereocenters. The topological polar surface area (TPSA) is 47.7 Å². The van der Waals surface area contributed by atoms with Crippen LogP contribution >= 0.6 is 15.9 Å². The first-order valence-electron chi connectivity index (χ1n) is 6.80. The van der Waals surface area contributed by atoms with Crippen LogP contribution in [0.4, 0.5) is 0 Å². The van der Waals surface area contributed by atoms with Crippen LogP contribution in [0.25, 0.3) is 5.82 Å². The minimum Gasteiger partial charge on any atom is -0.310 e. The third-order valence-corrected chi connectivity index (χ3v) is 4.55. The third kappa shape index (κ3) is 2.67. The van der Waals surface area contributed by atoms with Gasteiger partial charge in [0, 0.05) is 25.2 Å². The molecular formula is C14H22BrN5. The molecule has 0 bridgehead atoms. The van der Waals surface area contributed by atoms with Crippen molar-refractivity contribution in [2.45, 2.75) is 47.2 Å². The average molecular weight is 340 g/mol. The standard InChI is InChI=1S/C14H22BrN5/c1-8(2)16-7-12-9(3)17-19(6)14(12)20-11(5)13(15)10(4)18-20/h8,16H,7H2,1-6H3. The first kappa shape index (κ1) is 15.3. The summed E-state index contributed by atoms with van der Waals surface area (Å²) in [7, 11) is 1.96. The molecule has 0 aliphatic carbocycles. The molecule has 6 heteroatoms. The first-order valence-corrected chi connectivity index (χ1v) is 7.60. The Morgan fingerprint density at radius 2 is 1.80 bits per heavy atom. The van der Waals surface area contributed by atoms with Crippen molar-refractivity contribution in [3.05, 3.63) is 27.1 Å². The molecule has 0 saturated carbocycles. The zero-order chi connectivity index (χ0) is 15.0. The highest BCUT2D eigenvalue weighted by atomic mass is 79.9. The van der Waals surface area contributed by atoms with Crippen LogP contribution in [0.15, 0.2) is 4.47 Å². The second-order valence-electron chi connectivity index (χ2n) is 5.44. The SMILES string of the molecule is Cc1nn(-c2c(CNC(C)C)c(C)nn2C)c(C)c1Br. The average Bonchev–Trinajstić information content (AvgIpc) is 2.77. The molecule has 5 nitrogen and oxygen atoms in total. The molecule has 2 heterocycles. The highest BCUT2D eigenvalue weighted by molar-refractivity contribution is 9.10. The Hall–Kier alpha value is -1.14. The maximum absolute atomic E-state index is 4.62. The predicted octanol–water partition coefficient (Wildman–Crippen LogP) is 2.79. The first-order chi connectivity index (χ1) is 9.32. The van der Waals surface area contributed by atoms with Gasteiger partial charge in [-0.25, -0.2) is 4.68 Å². The van der Waals surface area contributed by atoms with Gasteiger partial charge in [-0.15, -0.1) is 0 Å². The van der Waals surface area contributed by atoms with Crippen molar-refractivity contribution in [1.82, 2.24) is 24.9 Å². The number of halogens is 1. The van der Waals surface area contributed by atoms with E-state index in [0.29, 0.717) is 6.04 Å². The molecule has 0 aliphatic rings. The largest absolute Gasteiger partial charge is 0.310 e. The number of aryl methyl sites for hydroxylation is 3. The van der Waals surface area contributed by atoms with Gasteiger partial charge in [-0.1, -0.05) is 13.8 Å². The lowest BCUT2D eigenvalue weighted by Crippen LogP contribution is -2.23. The summed E-state index contributed by atoms with van der Waals surface area (Å²) in [6, 6.07) is 0.439. The van der Waals surface area contributed by atoms with E-state index in [9.17, 15) is 0 Å². The maximum atomic E-state index is 4.62. The fourth-order valence-corrected chi connectivity index (χ4v) is 2.55. The van der Waals surface area contributed by atoms with Crippen molar-refractivity contribution in [3.63, 3.8) is 0 Å². The Labute approximate surface area is 128 Å². The zero-order valence-electron chi connectivity index (χ0n) is 13.0. The van der Waals surface area contributed by atoms with Gasteiger partial charge in [0.2, 0.25) is 0 Å². The quantitative estimate of drug-likeness (QED) is 0.931. The van der Waals surface area contributed by atoms with Crippen LogP contribution in [0.3, 0.4) is 0 Å². The molecule has 2 aromatic heterocycles. The van der Waals surface area contributed by atoms with Gasteiger partial charge in [0.25, 0.3) is 0 Å². The van der Waals surface area contributed by atoms with Crippen molar-refractivity contribution in [2.24, 2.45) is 7.05 Å². The fraction of sp³-hybridized carbons (Fsp3) is 0.571. The van der Waals surface area contributed by atoms with Crippen LogP contribution in [0.5, 0.6) is 0 Å². The van der Waals surface area contributed by atoms with E-state index >= 15 is 0 Å². The van der Waals surface area contributed by atoms with Gasteiger partial charge in [0.05, 0.1) is 21.6 Å². The number of nitrogens with zero attached hydrogens (tertiary/aromatic N) is 4. The van der Waals surface area contributed by atoms with E-state index < -0.39 is 0 Å². The summed E-state index contributed by atoms with van der Waals surface area (Å²) in [6.45, 7) is 11.2. The molecule has 2 rings (SSSR count). The molecule has 0 atom stereocenters. The van der Waals surface area contributed by atoms with Gasteiger partial charge in [-0.2, -0.15) is 10.2 Å². The van der Waals surface area contributed by atoms with E-state index in [-0.39, 0.29) is 0 Å². The summed E-state index contributed by atoms with van der Waals surface area (Å²) in [5.74, 6) is 1.03. The lowest BCUT2D eigenvalue weighted by atomic mass is 10.2. The summed E-state index contributed by atoms with van der Waals surface area (Å²) in [6.07, 6.45) is 0. The van der Waals surface area contributed by atoms with Gasteiger partial charge in [0.1, 0.15) is 0 Å². The Kier molecular flexibility index (Phi) is 4.34. The van der Waals surface area contributed by atoms with Gasteiger partial charge < -0.3 is 5.32 Å². The van der Waals surface area contributed by atoms with E-state index in [1.807, 2.05) is 30.3 Å². The summed E-state index contributed by atoms with van der Waals surface area (Å²) >= 11 is 3.59. The highest BCUT2D eigenvalue weighted by Crippen LogP contribution is 2.25.